The topological polar surface area (TPSA) is 127 Å². The van der Waals surface area contributed by atoms with E-state index in [-0.39, 0.29) is 28.5 Å². The molecule has 3 amide bonds. The maximum absolute atomic E-state index is 12.7. The minimum Gasteiger partial charge on any atom is -0.444 e. The number of benzene rings is 1. The van der Waals surface area contributed by atoms with Crippen LogP contribution in [0.1, 0.15) is 41.5 Å². The highest BCUT2D eigenvalue weighted by Gasteiger charge is 2.45. The van der Waals surface area contributed by atoms with E-state index in [0.29, 0.717) is 0 Å². The summed E-state index contributed by atoms with van der Waals surface area (Å²) >= 11 is 0. The molecular weight excluding hydrogens is 404 g/mol. The molecule has 0 N–H and O–H groups in total. The van der Waals surface area contributed by atoms with Crippen LogP contribution in [0, 0.1) is 0 Å². The summed E-state index contributed by atoms with van der Waals surface area (Å²) in [6, 6.07) is 4.36. The van der Waals surface area contributed by atoms with Crippen LogP contribution >= 0.6 is 0 Å². The monoisotopic (exact) mass is 424 g/mol. The highest BCUT2D eigenvalue weighted by Crippen LogP contribution is 2.24. The molecule has 2 aliphatic heterocycles. The lowest BCUT2D eigenvalue weighted by Crippen LogP contribution is -2.57. The van der Waals surface area contributed by atoms with Crippen LogP contribution in [0.4, 0.5) is 4.79 Å². The lowest BCUT2D eigenvalue weighted by Gasteiger charge is -2.35. The first-order valence-corrected chi connectivity index (χ1v) is 10.6. The zero-order valence-corrected chi connectivity index (χ0v) is 16.9. The third kappa shape index (κ3) is 4.24. The number of nitrogens with zero attached hydrogens (tertiary/aromatic N) is 2. The molecule has 1 fully saturated rings. The van der Waals surface area contributed by atoms with Crippen LogP contribution in [-0.4, -0.2) is 72.0 Å². The average molecular weight is 424 g/mol. The van der Waals surface area contributed by atoms with Gasteiger partial charge >= 0.3 is 12.1 Å². The highest BCUT2D eigenvalue weighted by molar-refractivity contribution is 7.91. The Morgan fingerprint density at radius 1 is 1.07 bits per heavy atom. The summed E-state index contributed by atoms with van der Waals surface area (Å²) in [5, 5.41) is 0.279. The number of amides is 3. The van der Waals surface area contributed by atoms with Gasteiger partial charge in [-0.05, 0) is 32.9 Å². The van der Waals surface area contributed by atoms with Crippen molar-refractivity contribution in [3.8, 4) is 0 Å². The molecule has 0 radical (unpaired) electrons. The highest BCUT2D eigenvalue weighted by atomic mass is 32.2. The zero-order valence-electron chi connectivity index (χ0n) is 16.1. The summed E-state index contributed by atoms with van der Waals surface area (Å²) in [5.74, 6) is -3.95. The zero-order chi connectivity index (χ0) is 21.6. The molecule has 156 valence electrons. The molecule has 2 heterocycles. The Bertz CT molecular complexity index is 960. The van der Waals surface area contributed by atoms with E-state index in [2.05, 4.69) is 0 Å². The first kappa shape index (κ1) is 20.8. The van der Waals surface area contributed by atoms with Crippen LogP contribution in [0.15, 0.2) is 24.3 Å². The number of sulfone groups is 1. The maximum Gasteiger partial charge on any atom is 0.411 e. The fraction of sp³-hybridized carbons (Fsp3) is 0.444. The number of imide groups is 1. The Kier molecular flexibility index (Phi) is 5.11. The second kappa shape index (κ2) is 7.14. The number of ether oxygens (including phenoxy) is 1. The van der Waals surface area contributed by atoms with Crippen LogP contribution in [0.25, 0.3) is 0 Å². The van der Waals surface area contributed by atoms with Gasteiger partial charge in [0.15, 0.2) is 9.84 Å². The summed E-state index contributed by atoms with van der Waals surface area (Å²) in [6.07, 6.45) is -0.892. The number of hydroxylamine groups is 2. The van der Waals surface area contributed by atoms with Gasteiger partial charge in [0.2, 0.25) is 0 Å². The van der Waals surface area contributed by atoms with E-state index >= 15 is 0 Å². The molecule has 29 heavy (non-hydrogen) atoms. The van der Waals surface area contributed by atoms with Gasteiger partial charge in [0.05, 0.1) is 22.6 Å². The standard InChI is InChI=1S/C18H20N2O8S/c1-18(2,3)27-17(24)19-8-9-29(25,26)10-13(19)16(23)28-20-14(21)11-6-4-5-7-12(11)15(20)22/h4-7,13H,8-10H2,1-3H3. The van der Waals surface area contributed by atoms with Crippen molar-refractivity contribution in [2.24, 2.45) is 0 Å². The molecule has 1 unspecified atom stereocenters. The minimum atomic E-state index is -3.64. The molecule has 0 aromatic heterocycles. The molecule has 0 saturated carbocycles. The largest absolute Gasteiger partial charge is 0.444 e. The summed E-state index contributed by atoms with van der Waals surface area (Å²) in [6.45, 7) is 4.59. The molecule has 10 nitrogen and oxygen atoms in total. The first-order chi connectivity index (χ1) is 13.4. The van der Waals surface area contributed by atoms with Gasteiger partial charge < -0.3 is 9.57 Å². The van der Waals surface area contributed by atoms with Gasteiger partial charge in [-0.25, -0.2) is 18.0 Å². The van der Waals surface area contributed by atoms with E-state index in [4.69, 9.17) is 9.57 Å². The number of hydrogen-bond donors (Lipinski definition) is 0. The van der Waals surface area contributed by atoms with E-state index in [9.17, 15) is 27.6 Å². The molecule has 0 aliphatic carbocycles. The van der Waals surface area contributed by atoms with Gasteiger partial charge in [0, 0.05) is 6.54 Å². The summed E-state index contributed by atoms with van der Waals surface area (Å²) < 4.78 is 29.3. The molecular formula is C18H20N2O8S. The van der Waals surface area contributed by atoms with Crippen LogP contribution in [0.2, 0.25) is 0 Å². The fourth-order valence-corrected chi connectivity index (χ4v) is 4.38. The number of hydrogen-bond acceptors (Lipinski definition) is 8. The minimum absolute atomic E-state index is 0.0607. The molecule has 2 aliphatic rings. The Hall–Kier alpha value is -2.95. The van der Waals surface area contributed by atoms with E-state index in [0.717, 1.165) is 4.90 Å². The van der Waals surface area contributed by atoms with Crippen molar-refractivity contribution in [1.82, 2.24) is 9.96 Å². The van der Waals surface area contributed by atoms with Crippen molar-refractivity contribution >= 4 is 33.7 Å². The van der Waals surface area contributed by atoms with Gasteiger partial charge in [-0.3, -0.25) is 14.5 Å². The number of carbonyl (C=O) groups is 4. The second-order valence-corrected chi connectivity index (χ2v) is 9.89. The van der Waals surface area contributed by atoms with Crippen molar-refractivity contribution in [1.29, 1.82) is 0 Å². The predicted molar refractivity (Wildman–Crippen MR) is 98.4 cm³/mol. The Balaban J connectivity index is 1.82. The van der Waals surface area contributed by atoms with Gasteiger partial charge in [0.25, 0.3) is 11.8 Å². The van der Waals surface area contributed by atoms with E-state index < -0.39 is 51.1 Å². The van der Waals surface area contributed by atoms with Crippen LogP contribution in [0.3, 0.4) is 0 Å². The van der Waals surface area contributed by atoms with Crippen molar-refractivity contribution in [3.05, 3.63) is 35.4 Å². The van der Waals surface area contributed by atoms with Crippen molar-refractivity contribution in [2.45, 2.75) is 32.4 Å². The van der Waals surface area contributed by atoms with Gasteiger partial charge in [-0.1, -0.05) is 17.2 Å². The van der Waals surface area contributed by atoms with Crippen LogP contribution in [-0.2, 0) is 24.2 Å². The molecule has 11 heteroatoms. The van der Waals surface area contributed by atoms with Gasteiger partial charge in [0.1, 0.15) is 11.6 Å². The quantitative estimate of drug-likeness (QED) is 0.637. The maximum atomic E-state index is 12.7. The Labute approximate surface area is 167 Å². The summed E-state index contributed by atoms with van der Waals surface area (Å²) in [4.78, 5) is 55.7. The van der Waals surface area contributed by atoms with Crippen molar-refractivity contribution in [2.75, 3.05) is 18.1 Å². The van der Waals surface area contributed by atoms with Crippen LogP contribution < -0.4 is 0 Å². The third-order valence-corrected chi connectivity index (χ3v) is 5.90. The normalized spacial score (nSPS) is 21.0. The summed E-state index contributed by atoms with van der Waals surface area (Å²) in [7, 11) is -3.64. The van der Waals surface area contributed by atoms with Gasteiger partial charge in [-0.2, -0.15) is 0 Å². The fourth-order valence-electron chi connectivity index (χ4n) is 2.94. The van der Waals surface area contributed by atoms with Crippen molar-refractivity contribution in [3.63, 3.8) is 0 Å². The molecule has 0 spiro atoms. The van der Waals surface area contributed by atoms with E-state index in [1.54, 1.807) is 32.9 Å². The summed E-state index contributed by atoms with van der Waals surface area (Å²) in [5.41, 5.74) is -0.749. The lowest BCUT2D eigenvalue weighted by atomic mass is 10.1. The molecule has 1 atom stereocenters. The number of rotatable bonds is 2. The molecule has 1 saturated heterocycles. The smallest absolute Gasteiger partial charge is 0.411 e. The first-order valence-electron chi connectivity index (χ1n) is 8.79. The SMILES string of the molecule is CC(C)(C)OC(=O)N1CCS(=O)(=O)CC1C(=O)ON1C(=O)c2ccccc2C1=O. The lowest BCUT2D eigenvalue weighted by molar-refractivity contribution is -0.174. The molecule has 1 aromatic rings. The molecule has 0 bridgehead atoms. The van der Waals surface area contributed by atoms with E-state index in [1.807, 2.05) is 0 Å². The van der Waals surface area contributed by atoms with Crippen molar-refractivity contribution < 1.29 is 37.2 Å². The second-order valence-electron chi connectivity index (χ2n) is 7.66. The molecule has 3 rings (SSSR count). The van der Waals surface area contributed by atoms with E-state index in [1.165, 1.54) is 12.1 Å². The van der Waals surface area contributed by atoms with Gasteiger partial charge in [-0.15, -0.1) is 0 Å². The number of fused-ring (bicyclic) bond motifs is 1. The third-order valence-electron chi connectivity index (χ3n) is 4.27. The molecule has 1 aromatic carbocycles. The number of carbonyl (C=O) groups excluding carboxylic acids is 4. The Morgan fingerprint density at radius 3 is 2.14 bits per heavy atom. The van der Waals surface area contributed by atoms with Crippen LogP contribution in [0.5, 0.6) is 0 Å². The predicted octanol–water partition coefficient (Wildman–Crippen LogP) is 0.775. The Morgan fingerprint density at radius 2 is 1.62 bits per heavy atom. The average Bonchev–Trinajstić information content (AvgIpc) is 2.84.